The van der Waals surface area contributed by atoms with Crippen LogP contribution in [0.25, 0.3) is 5.65 Å². The Morgan fingerprint density at radius 1 is 1.52 bits per heavy atom. The Kier molecular flexibility index (Phi) is 3.40. The number of fused-ring (bicyclic) bond motifs is 1. The van der Waals surface area contributed by atoms with Crippen LogP contribution >= 0.6 is 0 Å². The Labute approximate surface area is 121 Å². The number of hydrogen-bond donors (Lipinski definition) is 0. The number of sulfone groups is 1. The van der Waals surface area contributed by atoms with Crippen LogP contribution < -0.4 is 0 Å². The van der Waals surface area contributed by atoms with Gasteiger partial charge in [-0.15, -0.1) is 0 Å². The third-order valence-corrected chi connectivity index (χ3v) is 5.95. The second kappa shape index (κ2) is 5.10. The molecule has 0 saturated carbocycles. The number of aromatic nitrogens is 3. The molecule has 7 nitrogen and oxygen atoms in total. The van der Waals surface area contributed by atoms with E-state index in [1.54, 1.807) is 18.3 Å². The van der Waals surface area contributed by atoms with E-state index in [-0.39, 0.29) is 5.75 Å². The molecule has 1 atom stereocenters. The fourth-order valence-electron chi connectivity index (χ4n) is 2.55. The van der Waals surface area contributed by atoms with E-state index in [2.05, 4.69) is 14.8 Å². The van der Waals surface area contributed by atoms with E-state index in [0.29, 0.717) is 36.3 Å². The van der Waals surface area contributed by atoms with Crippen molar-refractivity contribution in [2.45, 2.75) is 24.5 Å². The summed E-state index contributed by atoms with van der Waals surface area (Å²) in [6, 6.07) is 3.16. The first-order valence-electron chi connectivity index (χ1n) is 6.65. The summed E-state index contributed by atoms with van der Waals surface area (Å²) in [6.45, 7) is 0. The normalized spacial score (nSPS) is 20.7. The highest BCUT2D eigenvalue weighted by atomic mass is 32.2. The van der Waals surface area contributed by atoms with Crippen LogP contribution in [0, 0.1) is 0 Å². The summed E-state index contributed by atoms with van der Waals surface area (Å²) in [5.74, 6) is 0.283. The Balaban J connectivity index is 1.89. The van der Waals surface area contributed by atoms with Crippen LogP contribution in [-0.2, 0) is 21.0 Å². The van der Waals surface area contributed by atoms with Crippen molar-refractivity contribution in [1.82, 2.24) is 14.6 Å². The molecule has 3 rings (SSSR count). The maximum absolute atomic E-state index is 11.8. The minimum absolute atomic E-state index is 0.248. The van der Waals surface area contributed by atoms with Crippen molar-refractivity contribution in [1.29, 1.82) is 0 Å². The molecule has 2 aromatic rings. The first kappa shape index (κ1) is 14.0. The summed E-state index contributed by atoms with van der Waals surface area (Å²) in [5, 5.41) is 3.86. The van der Waals surface area contributed by atoms with E-state index in [0.717, 1.165) is 0 Å². The van der Waals surface area contributed by atoms with Crippen LogP contribution in [0.15, 0.2) is 18.3 Å². The van der Waals surface area contributed by atoms with Crippen molar-refractivity contribution in [2.24, 2.45) is 0 Å². The molecule has 3 heterocycles. The Hall–Kier alpha value is -1.96. The lowest BCUT2D eigenvalue weighted by atomic mass is 10.2. The van der Waals surface area contributed by atoms with Gasteiger partial charge < -0.3 is 4.74 Å². The number of methoxy groups -OCH3 is 1. The summed E-state index contributed by atoms with van der Waals surface area (Å²) in [5.41, 5.74) is 0.890. The molecule has 0 bridgehead atoms. The second-order valence-electron chi connectivity index (χ2n) is 5.07. The molecule has 1 fully saturated rings. The second-order valence-corrected chi connectivity index (χ2v) is 7.47. The maximum atomic E-state index is 11.8. The monoisotopic (exact) mass is 309 g/mol. The fourth-order valence-corrected chi connectivity index (χ4v) is 4.38. The van der Waals surface area contributed by atoms with E-state index >= 15 is 0 Å². The summed E-state index contributed by atoms with van der Waals surface area (Å²) < 4.78 is 29.9. The molecule has 1 saturated heterocycles. The summed E-state index contributed by atoms with van der Waals surface area (Å²) >= 11 is 0. The average molecular weight is 309 g/mol. The molecule has 112 valence electrons. The third kappa shape index (κ3) is 2.63. The number of hydrogen-bond acceptors (Lipinski definition) is 6. The van der Waals surface area contributed by atoms with Crippen molar-refractivity contribution in [3.8, 4) is 0 Å². The molecule has 1 aliphatic heterocycles. The van der Waals surface area contributed by atoms with Gasteiger partial charge in [0.1, 0.15) is 0 Å². The molecule has 0 spiro atoms. The van der Waals surface area contributed by atoms with Crippen LogP contribution in [0.1, 0.15) is 29.0 Å². The molecule has 0 aromatic carbocycles. The highest BCUT2D eigenvalue weighted by molar-refractivity contribution is 7.92. The van der Waals surface area contributed by atoms with Gasteiger partial charge in [0.25, 0.3) is 0 Å². The average Bonchev–Trinajstić information content (AvgIpc) is 3.00. The standard InChI is InChI=1S/C13H15N3O4S/c1-20-13(17)9-4-5-16-12(7-9)14-11(15-16)8-10-3-2-6-21(10,18)19/h4-5,7,10H,2-3,6,8H2,1H3. The van der Waals surface area contributed by atoms with Crippen molar-refractivity contribution in [3.63, 3.8) is 0 Å². The largest absolute Gasteiger partial charge is 0.465 e. The topological polar surface area (TPSA) is 90.6 Å². The molecule has 1 aliphatic rings. The molecule has 0 radical (unpaired) electrons. The van der Waals surface area contributed by atoms with Crippen LogP contribution in [0.5, 0.6) is 0 Å². The van der Waals surface area contributed by atoms with Gasteiger partial charge in [0.2, 0.25) is 0 Å². The van der Waals surface area contributed by atoms with Crippen LogP contribution in [0.2, 0.25) is 0 Å². The van der Waals surface area contributed by atoms with Crippen LogP contribution in [-0.4, -0.2) is 47.1 Å². The Morgan fingerprint density at radius 3 is 3.00 bits per heavy atom. The Morgan fingerprint density at radius 2 is 2.33 bits per heavy atom. The summed E-state index contributed by atoms with van der Waals surface area (Å²) in [6.07, 6.45) is 3.29. The number of carbonyl (C=O) groups is 1. The Bertz CT molecular complexity index is 797. The molecule has 0 aliphatic carbocycles. The number of pyridine rings is 1. The van der Waals surface area contributed by atoms with Crippen LogP contribution in [0.3, 0.4) is 0 Å². The molecule has 0 N–H and O–H groups in total. The van der Waals surface area contributed by atoms with E-state index in [1.165, 1.54) is 11.6 Å². The lowest BCUT2D eigenvalue weighted by Gasteiger charge is -2.04. The molecule has 1 unspecified atom stereocenters. The van der Waals surface area contributed by atoms with Crippen LogP contribution in [0.4, 0.5) is 0 Å². The van der Waals surface area contributed by atoms with E-state index in [9.17, 15) is 13.2 Å². The smallest absolute Gasteiger partial charge is 0.338 e. The van der Waals surface area contributed by atoms with Gasteiger partial charge in [0.15, 0.2) is 21.3 Å². The summed E-state index contributed by atoms with van der Waals surface area (Å²) in [4.78, 5) is 15.8. The minimum atomic E-state index is -3.01. The van der Waals surface area contributed by atoms with Crippen molar-refractivity contribution in [3.05, 3.63) is 29.7 Å². The van der Waals surface area contributed by atoms with Gasteiger partial charge in [-0.25, -0.2) is 22.7 Å². The minimum Gasteiger partial charge on any atom is -0.465 e. The zero-order valence-electron chi connectivity index (χ0n) is 11.5. The molecular formula is C13H15N3O4S. The number of carbonyl (C=O) groups excluding carboxylic acids is 1. The molecule has 0 amide bonds. The lowest BCUT2D eigenvalue weighted by molar-refractivity contribution is 0.0600. The fraction of sp³-hybridized carbons (Fsp3) is 0.462. The van der Waals surface area contributed by atoms with Gasteiger partial charge in [0, 0.05) is 12.6 Å². The lowest BCUT2D eigenvalue weighted by Crippen LogP contribution is -2.19. The van der Waals surface area contributed by atoms with Gasteiger partial charge in [0.05, 0.1) is 23.7 Å². The highest BCUT2D eigenvalue weighted by Crippen LogP contribution is 2.22. The van der Waals surface area contributed by atoms with Crippen molar-refractivity contribution in [2.75, 3.05) is 12.9 Å². The highest BCUT2D eigenvalue weighted by Gasteiger charge is 2.32. The predicted molar refractivity (Wildman–Crippen MR) is 74.8 cm³/mol. The van der Waals surface area contributed by atoms with Gasteiger partial charge in [-0.3, -0.25) is 0 Å². The number of ether oxygens (including phenoxy) is 1. The number of rotatable bonds is 3. The zero-order valence-corrected chi connectivity index (χ0v) is 12.3. The number of esters is 1. The van der Waals surface area contributed by atoms with Gasteiger partial charge in [-0.05, 0) is 25.0 Å². The quantitative estimate of drug-likeness (QED) is 0.773. The predicted octanol–water partition coefficient (Wildman–Crippen LogP) is 0.636. The molecule has 2 aromatic heterocycles. The number of nitrogens with zero attached hydrogens (tertiary/aromatic N) is 3. The first-order valence-corrected chi connectivity index (χ1v) is 8.36. The third-order valence-electron chi connectivity index (χ3n) is 3.68. The SMILES string of the molecule is COC(=O)c1ccn2nc(CC3CCCS3(=O)=O)nc2c1. The van der Waals surface area contributed by atoms with Gasteiger partial charge in [-0.2, -0.15) is 5.10 Å². The van der Waals surface area contributed by atoms with Crippen molar-refractivity contribution < 1.29 is 17.9 Å². The van der Waals surface area contributed by atoms with Gasteiger partial charge in [-0.1, -0.05) is 0 Å². The molecular weight excluding hydrogens is 294 g/mol. The molecule has 21 heavy (non-hydrogen) atoms. The summed E-state index contributed by atoms with van der Waals surface area (Å²) in [7, 11) is -1.70. The van der Waals surface area contributed by atoms with E-state index < -0.39 is 21.1 Å². The maximum Gasteiger partial charge on any atom is 0.338 e. The van der Waals surface area contributed by atoms with Crippen molar-refractivity contribution >= 4 is 21.5 Å². The van der Waals surface area contributed by atoms with E-state index in [4.69, 9.17) is 0 Å². The zero-order chi connectivity index (χ0) is 15.0. The molecule has 8 heteroatoms. The van der Waals surface area contributed by atoms with E-state index in [1.807, 2.05) is 0 Å². The first-order chi connectivity index (χ1) is 9.99. The van der Waals surface area contributed by atoms with Gasteiger partial charge >= 0.3 is 5.97 Å².